The fraction of sp³-hybridized carbons (Fsp3) is 0.216. The van der Waals surface area contributed by atoms with Gasteiger partial charge in [0.2, 0.25) is 0 Å². The van der Waals surface area contributed by atoms with Gasteiger partial charge in [-0.15, -0.1) is 0 Å². The van der Waals surface area contributed by atoms with Crippen LogP contribution in [0.5, 0.6) is 0 Å². The second-order valence-corrected chi connectivity index (χ2v) is 10.8. The lowest BCUT2D eigenvalue weighted by molar-refractivity contribution is 0.0301. The molecule has 0 radical (unpaired) electrons. The molecule has 0 saturated carbocycles. The predicted octanol–water partition coefficient (Wildman–Crippen LogP) is 6.68. The second kappa shape index (κ2) is 14.5. The lowest BCUT2D eigenvalue weighted by Gasteiger charge is -2.36. The maximum absolute atomic E-state index is 11.8. The summed E-state index contributed by atoms with van der Waals surface area (Å²) in [5.41, 5.74) is 13.6. The predicted molar refractivity (Wildman–Crippen MR) is 168 cm³/mol. The highest BCUT2D eigenvalue weighted by Gasteiger charge is 2.28. The Kier molecular flexibility index (Phi) is 10.1. The van der Waals surface area contributed by atoms with Crippen molar-refractivity contribution in [3.8, 4) is 11.3 Å². The number of aliphatic hydroxyl groups excluding tert-OH is 1. The van der Waals surface area contributed by atoms with Crippen LogP contribution in [0, 0.1) is 0 Å². The van der Waals surface area contributed by atoms with Crippen LogP contribution in [-0.2, 0) is 25.9 Å². The highest BCUT2D eigenvalue weighted by Crippen LogP contribution is 2.23. The quantitative estimate of drug-likeness (QED) is 0.174. The highest BCUT2D eigenvalue weighted by atomic mass is 16.3. The van der Waals surface area contributed by atoms with Gasteiger partial charge in [-0.3, -0.25) is 9.88 Å². The van der Waals surface area contributed by atoms with Crippen molar-refractivity contribution in [2.24, 2.45) is 5.73 Å². The Morgan fingerprint density at radius 2 is 1.10 bits per heavy atom. The molecule has 1 heterocycles. The van der Waals surface area contributed by atoms with Crippen LogP contribution < -0.4 is 5.73 Å². The van der Waals surface area contributed by atoms with Crippen LogP contribution in [-0.4, -0.2) is 33.2 Å². The van der Waals surface area contributed by atoms with Gasteiger partial charge in [-0.1, -0.05) is 121 Å². The third kappa shape index (κ3) is 8.45. The largest absolute Gasteiger partial charge is 0.391 e. The number of pyridine rings is 1. The first-order valence-electron chi connectivity index (χ1n) is 14.4. The molecule has 0 aliphatic heterocycles. The van der Waals surface area contributed by atoms with Gasteiger partial charge in [0, 0.05) is 36.9 Å². The topological polar surface area (TPSA) is 62.4 Å². The van der Waals surface area contributed by atoms with Crippen molar-refractivity contribution in [1.82, 2.24) is 9.88 Å². The molecule has 0 aliphatic carbocycles. The minimum absolute atomic E-state index is 0.101. The van der Waals surface area contributed by atoms with Crippen molar-refractivity contribution in [3.05, 3.63) is 162 Å². The molecule has 3 N–H and O–H groups in total. The summed E-state index contributed by atoms with van der Waals surface area (Å²) >= 11 is 0. The Balaban J connectivity index is 1.34. The molecular weight excluding hydrogens is 502 g/mol. The molecule has 5 aromatic rings. The van der Waals surface area contributed by atoms with E-state index in [1.807, 2.05) is 42.6 Å². The summed E-state index contributed by atoms with van der Waals surface area (Å²) in [4.78, 5) is 6.86. The summed E-state index contributed by atoms with van der Waals surface area (Å²) in [7, 11) is 0. The molecule has 0 fully saturated rings. The Morgan fingerprint density at radius 1 is 0.585 bits per heavy atom. The number of nitrogens with zero attached hydrogens (tertiary/aromatic N) is 2. The maximum Gasteiger partial charge on any atom is 0.0713 e. The molecule has 4 heteroatoms. The first-order chi connectivity index (χ1) is 20.1. The fourth-order valence-electron chi connectivity index (χ4n) is 5.49. The number of benzene rings is 4. The first-order valence-corrected chi connectivity index (χ1v) is 14.4. The SMILES string of the molecule is N[C@@H](Cc1ccc(-c2ccccn2)cc1)C[C@H](O)[C@H](Cc1ccccc1)N(Cc1ccccc1)Cc1ccccc1. The molecule has 4 nitrogen and oxygen atoms in total. The second-order valence-electron chi connectivity index (χ2n) is 10.8. The van der Waals surface area contributed by atoms with E-state index in [2.05, 4.69) is 107 Å². The van der Waals surface area contributed by atoms with E-state index in [0.29, 0.717) is 12.8 Å². The Morgan fingerprint density at radius 3 is 1.63 bits per heavy atom. The van der Waals surface area contributed by atoms with E-state index >= 15 is 0 Å². The van der Waals surface area contributed by atoms with Gasteiger partial charge in [-0.2, -0.15) is 0 Å². The van der Waals surface area contributed by atoms with Crippen molar-refractivity contribution in [2.45, 2.75) is 50.5 Å². The first kappa shape index (κ1) is 28.4. The van der Waals surface area contributed by atoms with Gasteiger partial charge >= 0.3 is 0 Å². The van der Waals surface area contributed by atoms with Crippen molar-refractivity contribution >= 4 is 0 Å². The van der Waals surface area contributed by atoms with Crippen LogP contribution in [0.2, 0.25) is 0 Å². The molecule has 4 aromatic carbocycles. The molecule has 5 rings (SSSR count). The van der Waals surface area contributed by atoms with Gasteiger partial charge in [0.1, 0.15) is 0 Å². The van der Waals surface area contributed by atoms with E-state index in [1.54, 1.807) is 0 Å². The minimum Gasteiger partial charge on any atom is -0.391 e. The zero-order valence-corrected chi connectivity index (χ0v) is 23.5. The summed E-state index contributed by atoms with van der Waals surface area (Å²) in [6.07, 6.45) is 3.18. The monoisotopic (exact) mass is 541 g/mol. The van der Waals surface area contributed by atoms with Crippen molar-refractivity contribution in [3.63, 3.8) is 0 Å². The number of hydrogen-bond donors (Lipinski definition) is 2. The molecule has 208 valence electrons. The van der Waals surface area contributed by atoms with Crippen LogP contribution >= 0.6 is 0 Å². The summed E-state index contributed by atoms with van der Waals surface area (Å²) in [5.74, 6) is 0. The van der Waals surface area contributed by atoms with Gasteiger partial charge in [-0.25, -0.2) is 0 Å². The average molecular weight is 542 g/mol. The zero-order valence-electron chi connectivity index (χ0n) is 23.5. The molecular formula is C37H39N3O. The van der Waals surface area contributed by atoms with Crippen LogP contribution in [0.4, 0.5) is 0 Å². The number of nitrogens with two attached hydrogens (primary N) is 1. The Hall–Kier alpha value is -4.09. The number of aliphatic hydroxyl groups is 1. The van der Waals surface area contributed by atoms with Crippen LogP contribution in [0.15, 0.2) is 140 Å². The van der Waals surface area contributed by atoms with Crippen LogP contribution in [0.3, 0.4) is 0 Å². The summed E-state index contributed by atoms with van der Waals surface area (Å²) in [6.45, 7) is 1.49. The molecule has 0 saturated heterocycles. The van der Waals surface area contributed by atoms with Crippen molar-refractivity contribution < 1.29 is 5.11 Å². The lowest BCUT2D eigenvalue weighted by Crippen LogP contribution is -2.46. The van der Waals surface area contributed by atoms with Gasteiger partial charge in [0.25, 0.3) is 0 Å². The number of hydrogen-bond acceptors (Lipinski definition) is 4. The van der Waals surface area contributed by atoms with Crippen molar-refractivity contribution in [2.75, 3.05) is 0 Å². The lowest BCUT2D eigenvalue weighted by atomic mass is 9.92. The molecule has 3 atom stereocenters. The molecule has 41 heavy (non-hydrogen) atoms. The molecule has 0 bridgehead atoms. The molecule has 0 unspecified atom stereocenters. The summed E-state index contributed by atoms with van der Waals surface area (Å²) < 4.78 is 0. The van der Waals surface area contributed by atoms with E-state index < -0.39 is 6.10 Å². The standard InChI is InChI=1S/C37H39N3O/c38-34(24-30-19-21-33(22-20-30)35-18-10-11-23-39-35)26-37(41)36(25-29-12-4-1-5-13-29)40(27-31-14-6-2-7-15-31)28-32-16-8-3-9-17-32/h1-23,34,36-37,41H,24-28,38H2/t34-,36-,37-/m0/s1. The minimum atomic E-state index is -0.592. The van der Waals surface area contributed by atoms with Crippen molar-refractivity contribution in [1.29, 1.82) is 0 Å². The number of aromatic nitrogens is 1. The van der Waals surface area contributed by atoms with Gasteiger partial charge in [0.15, 0.2) is 0 Å². The summed E-state index contributed by atoms with van der Waals surface area (Å²) in [5, 5.41) is 11.8. The van der Waals surface area contributed by atoms with E-state index in [1.165, 1.54) is 16.7 Å². The molecule has 1 aromatic heterocycles. The normalized spacial score (nSPS) is 13.5. The molecule has 0 amide bonds. The van der Waals surface area contributed by atoms with Gasteiger partial charge in [0.05, 0.1) is 11.8 Å². The average Bonchev–Trinajstić information content (AvgIpc) is 3.02. The van der Waals surface area contributed by atoms with Gasteiger partial charge in [-0.05, 0) is 53.6 Å². The van der Waals surface area contributed by atoms with E-state index in [9.17, 15) is 5.11 Å². The summed E-state index contributed by atoms with van der Waals surface area (Å²) in [6, 6.07) is 45.6. The van der Waals surface area contributed by atoms with Crippen LogP contribution in [0.1, 0.15) is 28.7 Å². The maximum atomic E-state index is 11.8. The third-order valence-electron chi connectivity index (χ3n) is 7.61. The smallest absolute Gasteiger partial charge is 0.0713 e. The van der Waals surface area contributed by atoms with Gasteiger partial charge < -0.3 is 10.8 Å². The zero-order chi connectivity index (χ0) is 28.3. The Labute approximate surface area is 244 Å². The Bertz CT molecular complexity index is 1390. The highest BCUT2D eigenvalue weighted by molar-refractivity contribution is 5.59. The van der Waals surface area contributed by atoms with E-state index in [-0.39, 0.29) is 12.1 Å². The van der Waals surface area contributed by atoms with E-state index in [4.69, 9.17) is 5.73 Å². The third-order valence-corrected chi connectivity index (χ3v) is 7.61. The molecule has 0 aliphatic rings. The van der Waals surface area contributed by atoms with E-state index in [0.717, 1.165) is 36.3 Å². The molecule has 0 spiro atoms. The number of rotatable bonds is 13. The van der Waals surface area contributed by atoms with Crippen LogP contribution in [0.25, 0.3) is 11.3 Å². The fourth-order valence-corrected chi connectivity index (χ4v) is 5.49.